The molecule has 1 fully saturated rings. The maximum Gasteiger partial charge on any atom is 0.468 e. The lowest BCUT2D eigenvalue weighted by atomic mass is 9.59. The summed E-state index contributed by atoms with van der Waals surface area (Å²) in [5, 5.41) is 16.3. The third-order valence-corrected chi connectivity index (χ3v) is 4.75. The van der Waals surface area contributed by atoms with Gasteiger partial charge in [0.15, 0.2) is 0 Å². The molecule has 0 aliphatic carbocycles. The van der Waals surface area contributed by atoms with Crippen LogP contribution in [-0.2, 0) is 19.4 Å². The van der Waals surface area contributed by atoms with Crippen molar-refractivity contribution in [1.29, 1.82) is 0 Å². The van der Waals surface area contributed by atoms with Gasteiger partial charge in [0.25, 0.3) is 5.85 Å². The lowest BCUT2D eigenvalue weighted by Crippen LogP contribution is -2.60. The molecule has 0 bridgehead atoms. The van der Waals surface area contributed by atoms with E-state index in [2.05, 4.69) is 9.26 Å². The first kappa shape index (κ1) is 21.8. The monoisotopic (exact) mass is 422 g/mol. The highest BCUT2D eigenvalue weighted by Crippen LogP contribution is 2.51. The molecule has 0 spiro atoms. The Kier molecular flexibility index (Phi) is 5.48. The minimum atomic E-state index is -5.48. The van der Waals surface area contributed by atoms with Gasteiger partial charge in [-0.3, -0.25) is 14.1 Å². The van der Waals surface area contributed by atoms with Crippen LogP contribution >= 0.6 is 31.6 Å². The maximum absolute atomic E-state index is 15.1. The van der Waals surface area contributed by atoms with E-state index < -0.39 is 42.6 Å². The van der Waals surface area contributed by atoms with Gasteiger partial charge >= 0.3 is 13.5 Å². The average Bonchev–Trinajstić information content (AvgIpc) is 2.63. The van der Waals surface area contributed by atoms with Crippen LogP contribution in [-0.4, -0.2) is 76.6 Å². The predicted octanol–water partition coefficient (Wildman–Crippen LogP) is -2.14. The molecule has 4 atom stereocenters. The first-order valence-corrected chi connectivity index (χ1v) is 8.77. The van der Waals surface area contributed by atoms with Crippen LogP contribution in [0.3, 0.4) is 0 Å². The van der Waals surface area contributed by atoms with Gasteiger partial charge in [-0.1, -0.05) is 23.8 Å². The van der Waals surface area contributed by atoms with Crippen LogP contribution in [0.5, 0.6) is 0 Å². The molecule has 1 aliphatic heterocycles. The summed E-state index contributed by atoms with van der Waals surface area (Å²) in [6.07, 6.45) is -4.36. The second-order valence-corrected chi connectivity index (χ2v) is 7.35. The van der Waals surface area contributed by atoms with Crippen molar-refractivity contribution in [2.24, 2.45) is 0 Å². The Bertz CT molecular complexity index is 896. The molecule has 26 heavy (non-hydrogen) atoms. The quantitative estimate of drug-likeness (QED) is 0.208. The smallest absolute Gasteiger partial charge is 0.386 e. The third kappa shape index (κ3) is 3.48. The van der Waals surface area contributed by atoms with E-state index in [0.29, 0.717) is 4.57 Å². The molecule has 2 rings (SSSR count). The molecule has 1 aromatic rings. The van der Waals surface area contributed by atoms with Crippen molar-refractivity contribution in [3.05, 3.63) is 26.3 Å². The van der Waals surface area contributed by atoms with E-state index in [-0.39, 0.29) is 9.66 Å². The molecule has 1 saturated heterocycles. The third-order valence-electron chi connectivity index (χ3n) is 3.49. The largest absolute Gasteiger partial charge is 0.468 e. The van der Waals surface area contributed by atoms with Crippen LogP contribution in [0.2, 0.25) is 5.02 Å². The second-order valence-electron chi connectivity index (χ2n) is 5.37. The van der Waals surface area contributed by atoms with E-state index >= 15 is 4.39 Å². The number of phosphoric acid groups is 1. The zero-order chi connectivity index (χ0) is 20.3. The van der Waals surface area contributed by atoms with Gasteiger partial charge in [-0.25, -0.2) is 13.8 Å². The van der Waals surface area contributed by atoms with Gasteiger partial charge in [0, 0.05) is 6.20 Å². The van der Waals surface area contributed by atoms with Gasteiger partial charge in [0.05, 0.1) is 10.4 Å². The van der Waals surface area contributed by atoms with Crippen molar-refractivity contribution in [3.8, 4) is 0 Å². The van der Waals surface area contributed by atoms with E-state index in [9.17, 15) is 19.6 Å². The second kappa shape index (κ2) is 6.54. The number of phosphoric ester groups is 1. The van der Waals surface area contributed by atoms with Gasteiger partial charge < -0.3 is 24.7 Å². The van der Waals surface area contributed by atoms with Crippen LogP contribution in [0.1, 0.15) is 0 Å². The Hall–Kier alpha value is -0.495. The number of nitrogens with zero attached hydrogens (tertiary/aromatic N) is 1. The molecule has 136 valence electrons. The molecule has 5 N–H and O–H groups in total. The van der Waals surface area contributed by atoms with Crippen LogP contribution in [0, 0.1) is 4.64 Å². The highest BCUT2D eigenvalue weighted by molar-refractivity contribution is 7.71. The number of rotatable bonds is 4. The first-order chi connectivity index (χ1) is 11.5. The number of ether oxygens (including phenoxy) is 1. The summed E-state index contributed by atoms with van der Waals surface area (Å²) in [6.45, 7) is 0. The van der Waals surface area contributed by atoms with E-state index in [1.807, 2.05) is 4.98 Å². The summed E-state index contributed by atoms with van der Waals surface area (Å²) in [5.41, 5.74) is -4.00. The molecule has 6 radical (unpaired) electrons. The van der Waals surface area contributed by atoms with Crippen LogP contribution < -0.4 is 5.69 Å². The van der Waals surface area contributed by atoms with Gasteiger partial charge in [-0.15, -0.1) is 0 Å². The molecule has 10 nitrogen and oxygen atoms in total. The molecule has 0 aromatic carbocycles. The lowest BCUT2D eigenvalue weighted by molar-refractivity contribution is -0.240. The van der Waals surface area contributed by atoms with Crippen LogP contribution in [0.4, 0.5) is 4.39 Å². The van der Waals surface area contributed by atoms with E-state index in [1.54, 1.807) is 0 Å². The summed E-state index contributed by atoms with van der Waals surface area (Å²) in [4.78, 5) is 31.6. The Morgan fingerprint density at radius 3 is 2.50 bits per heavy atom. The summed E-state index contributed by atoms with van der Waals surface area (Å²) in [5.74, 6) is -3.87. The maximum atomic E-state index is 15.1. The Balaban J connectivity index is 2.59. The fraction of sp³-hybridized carbons (Fsp3) is 0.556. The molecule has 1 aliphatic rings. The SMILES string of the molecule is [B]C([B])(OP(=O)(O)O)[C@@]1(F)O[C@@]([B])(n2cc(Cl)c(=S)[nH]c2=O)[C@H](O)[C@@H]1O. The Labute approximate surface area is 158 Å². The highest BCUT2D eigenvalue weighted by Gasteiger charge is 2.68. The van der Waals surface area contributed by atoms with Gasteiger partial charge in [-0.2, -0.15) is 0 Å². The number of aromatic amines is 1. The lowest BCUT2D eigenvalue weighted by Gasteiger charge is -2.40. The fourth-order valence-corrected chi connectivity index (χ4v) is 3.06. The van der Waals surface area contributed by atoms with Crippen molar-refractivity contribution in [1.82, 2.24) is 9.55 Å². The van der Waals surface area contributed by atoms with E-state index in [4.69, 9.17) is 57.1 Å². The molecular formula is C9H8B3ClFN2O8PS. The summed E-state index contributed by atoms with van der Waals surface area (Å²) in [7, 11) is 10.6. The predicted molar refractivity (Wildman–Crippen MR) is 88.9 cm³/mol. The van der Waals surface area contributed by atoms with Crippen LogP contribution in [0.25, 0.3) is 0 Å². The molecule has 1 aromatic heterocycles. The average molecular weight is 422 g/mol. The number of aromatic nitrogens is 2. The van der Waals surface area contributed by atoms with Crippen molar-refractivity contribution < 1.29 is 38.2 Å². The number of H-pyrrole nitrogens is 1. The molecule has 0 saturated carbocycles. The van der Waals surface area contributed by atoms with Crippen molar-refractivity contribution in [2.45, 2.75) is 29.1 Å². The standard InChI is InChI=1S/C9H8B3ClFN2O8PS/c10-8(16-1-2(13)5(26)15-6(16)19)4(18)3(17)7(14,23-8)9(11,12)24-25(20,21)22/h1,3-4,17-18H,(H,15,19,26)(H2,20,21,22)/t3-,4+,7-,8-/m0/s1. The number of aliphatic hydroxyl groups excluding tert-OH is 2. The van der Waals surface area contributed by atoms with Gasteiger partial charge in [0.2, 0.25) is 0 Å². The molecule has 0 unspecified atom stereocenters. The van der Waals surface area contributed by atoms with Gasteiger partial charge in [0.1, 0.15) is 46.0 Å². The summed E-state index contributed by atoms with van der Waals surface area (Å²) < 4.78 is 34.8. The summed E-state index contributed by atoms with van der Waals surface area (Å²) in [6, 6.07) is 0. The summed E-state index contributed by atoms with van der Waals surface area (Å²) >= 11 is 10.5. The Morgan fingerprint density at radius 1 is 1.46 bits per heavy atom. The van der Waals surface area contributed by atoms with E-state index in [0.717, 1.165) is 6.20 Å². The first-order valence-electron chi connectivity index (χ1n) is 6.45. The van der Waals surface area contributed by atoms with E-state index in [1.165, 1.54) is 0 Å². The highest BCUT2D eigenvalue weighted by atomic mass is 35.5. The number of aliphatic hydroxyl groups is 2. The van der Waals surface area contributed by atoms with Crippen molar-refractivity contribution >= 4 is 55.2 Å². The molecular weight excluding hydrogens is 414 g/mol. The molecule has 2 heterocycles. The number of hydrogen-bond acceptors (Lipinski definition) is 7. The van der Waals surface area contributed by atoms with Gasteiger partial charge in [-0.05, 0) is 0 Å². The number of alkyl halides is 1. The number of hydrogen-bond donors (Lipinski definition) is 5. The van der Waals surface area contributed by atoms with Crippen molar-refractivity contribution in [3.63, 3.8) is 0 Å². The number of halogens is 2. The normalized spacial score (nSPS) is 32.7. The topological polar surface area (TPSA) is 154 Å². The minimum Gasteiger partial charge on any atom is -0.386 e. The zero-order valence-corrected chi connectivity index (χ0v) is 14.9. The Morgan fingerprint density at radius 2 is 2.00 bits per heavy atom. The van der Waals surface area contributed by atoms with Crippen LogP contribution in [0.15, 0.2) is 11.0 Å². The molecule has 0 amide bonds. The van der Waals surface area contributed by atoms with Crippen molar-refractivity contribution in [2.75, 3.05) is 0 Å². The number of nitrogens with one attached hydrogen (secondary N) is 1. The molecule has 17 heteroatoms. The fourth-order valence-electron chi connectivity index (χ4n) is 2.26. The zero-order valence-electron chi connectivity index (χ0n) is 12.4. The minimum absolute atomic E-state index is 0.215.